The van der Waals surface area contributed by atoms with Crippen molar-refractivity contribution < 1.29 is 9.53 Å². The SMILES string of the molecule is CN=C(NCCCNC(=O)OC(C)(C)C)NCC1Cc2ccccc21. The fourth-order valence-corrected chi connectivity index (χ4v) is 2.79. The van der Waals surface area contributed by atoms with Crippen LogP contribution in [-0.2, 0) is 11.2 Å². The number of carbonyl (C=O) groups excluding carboxylic acids is 1. The first-order valence-corrected chi connectivity index (χ1v) is 8.88. The molecule has 1 aliphatic carbocycles. The van der Waals surface area contributed by atoms with Crippen molar-refractivity contribution in [2.45, 2.75) is 45.1 Å². The van der Waals surface area contributed by atoms with Crippen molar-refractivity contribution >= 4 is 12.1 Å². The van der Waals surface area contributed by atoms with Gasteiger partial charge in [0.05, 0.1) is 0 Å². The minimum absolute atomic E-state index is 0.376. The molecule has 1 unspecified atom stereocenters. The van der Waals surface area contributed by atoms with E-state index in [1.807, 2.05) is 20.8 Å². The van der Waals surface area contributed by atoms with Gasteiger partial charge in [-0.3, -0.25) is 4.99 Å². The molecule has 6 nitrogen and oxygen atoms in total. The van der Waals surface area contributed by atoms with E-state index in [-0.39, 0.29) is 6.09 Å². The number of aliphatic imine (C=N–C) groups is 1. The first kappa shape index (κ1) is 19.1. The maximum atomic E-state index is 11.5. The van der Waals surface area contributed by atoms with Crippen LogP contribution in [0.25, 0.3) is 0 Å². The molecule has 2 rings (SSSR count). The van der Waals surface area contributed by atoms with Gasteiger partial charge in [0, 0.05) is 32.6 Å². The van der Waals surface area contributed by atoms with Crippen molar-refractivity contribution in [3.63, 3.8) is 0 Å². The maximum Gasteiger partial charge on any atom is 0.407 e. The van der Waals surface area contributed by atoms with Crippen molar-refractivity contribution in [1.29, 1.82) is 0 Å². The number of alkyl carbamates (subject to hydrolysis) is 1. The highest BCUT2D eigenvalue weighted by Crippen LogP contribution is 2.33. The fraction of sp³-hybridized carbons (Fsp3) is 0.579. The number of fused-ring (bicyclic) bond motifs is 1. The lowest BCUT2D eigenvalue weighted by Crippen LogP contribution is -2.42. The molecular formula is C19H30N4O2. The quantitative estimate of drug-likeness (QED) is 0.420. The minimum atomic E-state index is -0.464. The number of nitrogens with zero attached hydrogens (tertiary/aromatic N) is 1. The number of hydrogen-bond acceptors (Lipinski definition) is 3. The lowest BCUT2D eigenvalue weighted by molar-refractivity contribution is 0.0527. The third kappa shape index (κ3) is 6.29. The van der Waals surface area contributed by atoms with Gasteiger partial charge in [-0.05, 0) is 44.7 Å². The van der Waals surface area contributed by atoms with E-state index in [0.717, 1.165) is 31.9 Å². The molecule has 1 aromatic rings. The molecule has 0 spiro atoms. The first-order valence-electron chi connectivity index (χ1n) is 8.88. The lowest BCUT2D eigenvalue weighted by atomic mass is 9.78. The van der Waals surface area contributed by atoms with Crippen LogP contribution in [0.1, 0.15) is 44.2 Å². The largest absolute Gasteiger partial charge is 0.444 e. The Balaban J connectivity index is 1.58. The predicted molar refractivity (Wildman–Crippen MR) is 101 cm³/mol. The number of hydrogen-bond donors (Lipinski definition) is 3. The second kappa shape index (κ2) is 8.74. The molecule has 0 saturated heterocycles. The molecule has 25 heavy (non-hydrogen) atoms. The van der Waals surface area contributed by atoms with E-state index in [1.54, 1.807) is 7.05 Å². The molecule has 1 aromatic carbocycles. The molecule has 0 heterocycles. The summed E-state index contributed by atoms with van der Waals surface area (Å²) in [7, 11) is 1.77. The molecule has 138 valence electrons. The van der Waals surface area contributed by atoms with Crippen LogP contribution in [0.2, 0.25) is 0 Å². The summed E-state index contributed by atoms with van der Waals surface area (Å²) in [4.78, 5) is 15.8. The first-order chi connectivity index (χ1) is 11.9. The summed E-state index contributed by atoms with van der Waals surface area (Å²) in [5, 5.41) is 9.38. The molecule has 1 amide bonds. The van der Waals surface area contributed by atoms with E-state index in [9.17, 15) is 4.79 Å². The molecule has 1 atom stereocenters. The Morgan fingerprint density at radius 1 is 1.20 bits per heavy atom. The van der Waals surface area contributed by atoms with Crippen molar-refractivity contribution in [3.8, 4) is 0 Å². The van der Waals surface area contributed by atoms with Gasteiger partial charge in [-0.25, -0.2) is 4.79 Å². The molecule has 6 heteroatoms. The van der Waals surface area contributed by atoms with Gasteiger partial charge in [-0.15, -0.1) is 0 Å². The van der Waals surface area contributed by atoms with Crippen LogP contribution in [0.4, 0.5) is 4.79 Å². The zero-order chi connectivity index (χ0) is 18.3. The Kier molecular flexibility index (Phi) is 6.67. The van der Waals surface area contributed by atoms with Gasteiger partial charge in [0.1, 0.15) is 5.60 Å². The number of guanidine groups is 1. The van der Waals surface area contributed by atoms with Gasteiger partial charge >= 0.3 is 6.09 Å². The van der Waals surface area contributed by atoms with Crippen LogP contribution in [0.3, 0.4) is 0 Å². The summed E-state index contributed by atoms with van der Waals surface area (Å²) in [5.74, 6) is 1.35. The average Bonchev–Trinajstić information content (AvgIpc) is 2.51. The summed E-state index contributed by atoms with van der Waals surface area (Å²) in [6, 6.07) is 8.57. The fourth-order valence-electron chi connectivity index (χ4n) is 2.79. The van der Waals surface area contributed by atoms with Crippen LogP contribution >= 0.6 is 0 Å². The van der Waals surface area contributed by atoms with Gasteiger partial charge in [-0.1, -0.05) is 24.3 Å². The van der Waals surface area contributed by atoms with Crippen LogP contribution < -0.4 is 16.0 Å². The molecule has 0 saturated carbocycles. The molecule has 0 bridgehead atoms. The van der Waals surface area contributed by atoms with Crippen LogP contribution in [0.15, 0.2) is 29.3 Å². The number of ether oxygens (including phenoxy) is 1. The molecular weight excluding hydrogens is 316 g/mol. The Labute approximate surface area is 150 Å². The zero-order valence-electron chi connectivity index (χ0n) is 15.7. The van der Waals surface area contributed by atoms with E-state index < -0.39 is 5.60 Å². The number of amides is 1. The molecule has 3 N–H and O–H groups in total. The van der Waals surface area contributed by atoms with Crippen molar-refractivity contribution in [2.75, 3.05) is 26.7 Å². The summed E-state index contributed by atoms with van der Waals surface area (Å²) in [6.45, 7) is 7.73. The number of benzene rings is 1. The lowest BCUT2D eigenvalue weighted by Gasteiger charge is -2.30. The van der Waals surface area contributed by atoms with Crippen molar-refractivity contribution in [2.24, 2.45) is 4.99 Å². The zero-order valence-corrected chi connectivity index (χ0v) is 15.7. The van der Waals surface area contributed by atoms with Crippen molar-refractivity contribution in [1.82, 2.24) is 16.0 Å². The highest BCUT2D eigenvalue weighted by atomic mass is 16.6. The second-order valence-electron chi connectivity index (χ2n) is 7.26. The Morgan fingerprint density at radius 3 is 2.60 bits per heavy atom. The number of nitrogens with one attached hydrogen (secondary N) is 3. The normalized spacial score (nSPS) is 16.5. The average molecular weight is 346 g/mol. The molecule has 0 radical (unpaired) electrons. The van der Waals surface area contributed by atoms with Crippen molar-refractivity contribution in [3.05, 3.63) is 35.4 Å². The Morgan fingerprint density at radius 2 is 1.92 bits per heavy atom. The van der Waals surface area contributed by atoms with Gasteiger partial charge in [0.2, 0.25) is 0 Å². The molecule has 0 fully saturated rings. The minimum Gasteiger partial charge on any atom is -0.444 e. The molecule has 0 aromatic heterocycles. The van der Waals surface area contributed by atoms with Gasteiger partial charge < -0.3 is 20.7 Å². The summed E-state index contributed by atoms with van der Waals surface area (Å²) >= 11 is 0. The third-order valence-electron chi connectivity index (χ3n) is 4.01. The van der Waals surface area contributed by atoms with E-state index in [2.05, 4.69) is 45.2 Å². The summed E-state index contributed by atoms with van der Waals surface area (Å²) < 4.78 is 5.19. The topological polar surface area (TPSA) is 74.8 Å². The molecule has 0 aliphatic heterocycles. The Hall–Kier alpha value is -2.24. The van der Waals surface area contributed by atoms with E-state index in [1.165, 1.54) is 11.1 Å². The Bertz CT molecular complexity index is 608. The van der Waals surface area contributed by atoms with E-state index in [4.69, 9.17) is 4.74 Å². The maximum absolute atomic E-state index is 11.5. The van der Waals surface area contributed by atoms with Gasteiger partial charge in [0.15, 0.2) is 5.96 Å². The van der Waals surface area contributed by atoms with Gasteiger partial charge in [-0.2, -0.15) is 0 Å². The standard InChI is InChI=1S/C19H30N4O2/c1-19(2,3)25-18(24)22-11-7-10-21-17(20-4)23-13-15-12-14-8-5-6-9-16(14)15/h5-6,8-9,15H,7,10-13H2,1-4H3,(H,22,24)(H2,20,21,23). The number of rotatable bonds is 6. The summed E-state index contributed by atoms with van der Waals surface area (Å²) in [6.07, 6.45) is 1.55. The monoisotopic (exact) mass is 346 g/mol. The second-order valence-corrected chi connectivity index (χ2v) is 7.26. The molecule has 1 aliphatic rings. The number of carbonyl (C=O) groups is 1. The van der Waals surface area contributed by atoms with Crippen LogP contribution in [0, 0.1) is 0 Å². The predicted octanol–water partition coefficient (Wildman–Crippen LogP) is 2.41. The summed E-state index contributed by atoms with van der Waals surface area (Å²) in [5.41, 5.74) is 2.42. The highest BCUT2D eigenvalue weighted by molar-refractivity contribution is 5.79. The van der Waals surface area contributed by atoms with Crippen LogP contribution in [0.5, 0.6) is 0 Å². The van der Waals surface area contributed by atoms with Gasteiger partial charge in [0.25, 0.3) is 0 Å². The van der Waals surface area contributed by atoms with E-state index >= 15 is 0 Å². The van der Waals surface area contributed by atoms with E-state index in [0.29, 0.717) is 12.5 Å². The smallest absolute Gasteiger partial charge is 0.407 e. The third-order valence-corrected chi connectivity index (χ3v) is 4.01. The van der Waals surface area contributed by atoms with Crippen LogP contribution in [-0.4, -0.2) is 44.3 Å². The highest BCUT2D eigenvalue weighted by Gasteiger charge is 2.25.